The molecule has 0 aliphatic carbocycles. The topological polar surface area (TPSA) is 35.5 Å². The fourth-order valence-corrected chi connectivity index (χ4v) is 1.82. The first-order chi connectivity index (χ1) is 6.20. The number of nitrogens with zero attached hydrogens (tertiary/aromatic N) is 1. The molecular formula is C10H22N2O. The molecule has 0 unspecified atom stereocenters. The van der Waals surface area contributed by atoms with Crippen molar-refractivity contribution in [1.82, 2.24) is 10.2 Å². The first-order valence-corrected chi connectivity index (χ1v) is 5.35. The smallest absolute Gasteiger partial charge is 0.0795 e. The van der Waals surface area contributed by atoms with Crippen molar-refractivity contribution in [3.05, 3.63) is 0 Å². The summed E-state index contributed by atoms with van der Waals surface area (Å²) in [4.78, 5) is 2.39. The van der Waals surface area contributed by atoms with Gasteiger partial charge in [0, 0.05) is 19.6 Å². The van der Waals surface area contributed by atoms with Crippen molar-refractivity contribution in [2.24, 2.45) is 0 Å². The van der Waals surface area contributed by atoms with Crippen LogP contribution in [-0.2, 0) is 0 Å². The van der Waals surface area contributed by atoms with Gasteiger partial charge >= 0.3 is 0 Å². The Morgan fingerprint density at radius 1 is 1.31 bits per heavy atom. The Hall–Kier alpha value is -0.120. The van der Waals surface area contributed by atoms with E-state index < -0.39 is 5.60 Å². The summed E-state index contributed by atoms with van der Waals surface area (Å²) in [5, 5.41) is 13.3. The van der Waals surface area contributed by atoms with Gasteiger partial charge in [0.15, 0.2) is 0 Å². The van der Waals surface area contributed by atoms with Crippen LogP contribution in [0, 0.1) is 0 Å². The molecule has 1 saturated heterocycles. The van der Waals surface area contributed by atoms with Crippen molar-refractivity contribution in [3.8, 4) is 0 Å². The van der Waals surface area contributed by atoms with E-state index in [1.807, 2.05) is 0 Å². The fraction of sp³-hybridized carbons (Fsp3) is 1.00. The molecule has 1 fully saturated rings. The first-order valence-electron chi connectivity index (χ1n) is 5.35. The van der Waals surface area contributed by atoms with Gasteiger partial charge in [-0.15, -0.1) is 0 Å². The molecule has 0 saturated carbocycles. The van der Waals surface area contributed by atoms with Crippen LogP contribution in [0.3, 0.4) is 0 Å². The van der Waals surface area contributed by atoms with Crippen LogP contribution in [0.2, 0.25) is 0 Å². The van der Waals surface area contributed by atoms with E-state index in [1.165, 1.54) is 0 Å². The van der Waals surface area contributed by atoms with E-state index >= 15 is 0 Å². The first kappa shape index (κ1) is 11.0. The molecule has 0 aromatic heterocycles. The van der Waals surface area contributed by atoms with Crippen molar-refractivity contribution in [3.63, 3.8) is 0 Å². The van der Waals surface area contributed by atoms with Gasteiger partial charge in [0.25, 0.3) is 0 Å². The lowest BCUT2D eigenvalue weighted by molar-refractivity contribution is -0.0182. The number of likely N-dealkylation sites (N-methyl/N-ethyl adjacent to an activating group) is 1. The number of nitrogens with one attached hydrogen (secondary N) is 1. The molecule has 0 aromatic carbocycles. The molecule has 0 amide bonds. The lowest BCUT2D eigenvalue weighted by Crippen LogP contribution is -2.49. The van der Waals surface area contributed by atoms with E-state index in [4.69, 9.17) is 0 Å². The zero-order chi connectivity index (χ0) is 9.73. The lowest BCUT2D eigenvalue weighted by Gasteiger charge is -2.37. The maximum absolute atomic E-state index is 10.1. The molecule has 1 rings (SSSR count). The van der Waals surface area contributed by atoms with E-state index in [1.54, 1.807) is 0 Å². The molecule has 1 aliphatic heterocycles. The summed E-state index contributed by atoms with van der Waals surface area (Å²) in [6.45, 7) is 9.13. The van der Waals surface area contributed by atoms with Crippen LogP contribution in [0.4, 0.5) is 0 Å². The Kier molecular flexibility index (Phi) is 4.16. The molecule has 0 atom stereocenters. The Morgan fingerprint density at radius 2 is 1.92 bits per heavy atom. The number of piperidine rings is 1. The average Bonchev–Trinajstić information content (AvgIpc) is 2.16. The zero-order valence-corrected chi connectivity index (χ0v) is 8.84. The fourth-order valence-electron chi connectivity index (χ4n) is 1.82. The van der Waals surface area contributed by atoms with E-state index in [-0.39, 0.29) is 0 Å². The van der Waals surface area contributed by atoms with Crippen LogP contribution in [0.1, 0.15) is 26.7 Å². The molecule has 78 valence electrons. The standard InChI is InChI=1S/C10H22N2O/c1-3-11-9-10(13)5-7-12(4-2)8-6-10/h11,13H,3-9H2,1-2H3. The van der Waals surface area contributed by atoms with Gasteiger partial charge in [0.2, 0.25) is 0 Å². The molecule has 3 nitrogen and oxygen atoms in total. The third kappa shape index (κ3) is 3.25. The number of likely N-dealkylation sites (tertiary alicyclic amines) is 1. The van der Waals surface area contributed by atoms with Gasteiger partial charge in [0.05, 0.1) is 5.60 Å². The molecule has 13 heavy (non-hydrogen) atoms. The molecule has 0 radical (unpaired) electrons. The van der Waals surface area contributed by atoms with Gasteiger partial charge in [-0.3, -0.25) is 0 Å². The Balaban J connectivity index is 2.28. The molecule has 0 aromatic rings. The minimum Gasteiger partial charge on any atom is -0.388 e. The van der Waals surface area contributed by atoms with E-state index in [0.717, 1.165) is 45.6 Å². The monoisotopic (exact) mass is 186 g/mol. The van der Waals surface area contributed by atoms with Crippen LogP contribution in [0.25, 0.3) is 0 Å². The molecule has 3 heteroatoms. The summed E-state index contributed by atoms with van der Waals surface area (Å²) in [5.41, 5.74) is -0.443. The SMILES string of the molecule is CCNCC1(O)CCN(CC)CC1. The maximum Gasteiger partial charge on any atom is 0.0795 e. The van der Waals surface area contributed by atoms with E-state index in [0.29, 0.717) is 0 Å². The molecule has 1 heterocycles. The van der Waals surface area contributed by atoms with Crippen molar-refractivity contribution in [1.29, 1.82) is 0 Å². The predicted octanol–water partition coefficient (Wildman–Crippen LogP) is 0.443. The van der Waals surface area contributed by atoms with E-state index in [9.17, 15) is 5.11 Å². The summed E-state index contributed by atoms with van der Waals surface area (Å²) in [5.74, 6) is 0. The summed E-state index contributed by atoms with van der Waals surface area (Å²) in [6, 6.07) is 0. The van der Waals surface area contributed by atoms with Gasteiger partial charge in [-0.05, 0) is 25.9 Å². The largest absolute Gasteiger partial charge is 0.388 e. The van der Waals surface area contributed by atoms with Gasteiger partial charge in [-0.2, -0.15) is 0 Å². The van der Waals surface area contributed by atoms with Crippen LogP contribution >= 0.6 is 0 Å². The van der Waals surface area contributed by atoms with Gasteiger partial charge in [-0.1, -0.05) is 13.8 Å². The third-order valence-corrected chi connectivity index (χ3v) is 2.94. The average molecular weight is 186 g/mol. The Labute approximate surface area is 81.1 Å². The highest BCUT2D eigenvalue weighted by Crippen LogP contribution is 2.20. The van der Waals surface area contributed by atoms with Crippen molar-refractivity contribution in [2.45, 2.75) is 32.3 Å². The number of hydrogen-bond acceptors (Lipinski definition) is 3. The van der Waals surface area contributed by atoms with Gasteiger partial charge in [0.1, 0.15) is 0 Å². The van der Waals surface area contributed by atoms with Crippen molar-refractivity contribution in [2.75, 3.05) is 32.7 Å². The second kappa shape index (κ2) is 4.94. The highest BCUT2D eigenvalue weighted by atomic mass is 16.3. The molecule has 0 bridgehead atoms. The summed E-state index contributed by atoms with van der Waals surface area (Å²) in [7, 11) is 0. The third-order valence-electron chi connectivity index (χ3n) is 2.94. The molecule has 0 spiro atoms. The quantitative estimate of drug-likeness (QED) is 0.669. The Morgan fingerprint density at radius 3 is 2.38 bits per heavy atom. The highest BCUT2D eigenvalue weighted by Gasteiger charge is 2.30. The second-order valence-corrected chi connectivity index (χ2v) is 3.94. The number of aliphatic hydroxyl groups is 1. The van der Waals surface area contributed by atoms with Crippen LogP contribution < -0.4 is 5.32 Å². The van der Waals surface area contributed by atoms with Gasteiger partial charge < -0.3 is 15.3 Å². The normalized spacial score (nSPS) is 23.3. The lowest BCUT2D eigenvalue weighted by atomic mass is 9.91. The number of hydrogen-bond donors (Lipinski definition) is 2. The highest BCUT2D eigenvalue weighted by molar-refractivity contribution is 4.87. The van der Waals surface area contributed by atoms with E-state index in [2.05, 4.69) is 24.1 Å². The Bertz CT molecular complexity index is 142. The minimum absolute atomic E-state index is 0.443. The molecule has 1 aliphatic rings. The van der Waals surface area contributed by atoms with Crippen LogP contribution in [-0.4, -0.2) is 48.3 Å². The summed E-state index contributed by atoms with van der Waals surface area (Å²) in [6.07, 6.45) is 1.82. The predicted molar refractivity (Wildman–Crippen MR) is 54.8 cm³/mol. The molecular weight excluding hydrogens is 164 g/mol. The summed E-state index contributed by atoms with van der Waals surface area (Å²) >= 11 is 0. The maximum atomic E-state index is 10.1. The van der Waals surface area contributed by atoms with Crippen molar-refractivity contribution < 1.29 is 5.11 Å². The van der Waals surface area contributed by atoms with Crippen LogP contribution in [0.5, 0.6) is 0 Å². The van der Waals surface area contributed by atoms with Crippen LogP contribution in [0.15, 0.2) is 0 Å². The molecule has 2 N–H and O–H groups in total. The van der Waals surface area contributed by atoms with Crippen molar-refractivity contribution >= 4 is 0 Å². The minimum atomic E-state index is -0.443. The number of rotatable bonds is 4. The summed E-state index contributed by atoms with van der Waals surface area (Å²) < 4.78 is 0. The second-order valence-electron chi connectivity index (χ2n) is 3.94. The van der Waals surface area contributed by atoms with Gasteiger partial charge in [-0.25, -0.2) is 0 Å². The zero-order valence-electron chi connectivity index (χ0n) is 8.84.